The van der Waals surface area contributed by atoms with Gasteiger partial charge in [-0.25, -0.2) is 4.79 Å². The molecule has 2 aliphatic rings. The molecule has 1 saturated carbocycles. The van der Waals surface area contributed by atoms with Crippen LogP contribution in [0.2, 0.25) is 0 Å². The lowest BCUT2D eigenvalue weighted by Crippen LogP contribution is -2.44. The first-order chi connectivity index (χ1) is 12.0. The van der Waals surface area contributed by atoms with Crippen LogP contribution >= 0.6 is 0 Å². The predicted octanol–water partition coefficient (Wildman–Crippen LogP) is 2.46. The lowest BCUT2D eigenvalue weighted by molar-refractivity contribution is -0.142. The van der Waals surface area contributed by atoms with Crippen LogP contribution in [0.5, 0.6) is 11.5 Å². The number of amides is 2. The summed E-state index contributed by atoms with van der Waals surface area (Å²) in [6.07, 6.45) is 2.61. The average molecular weight is 348 g/mol. The fourth-order valence-corrected chi connectivity index (χ4v) is 3.32. The van der Waals surface area contributed by atoms with Gasteiger partial charge in [-0.3, -0.25) is 4.79 Å². The summed E-state index contributed by atoms with van der Waals surface area (Å²) in [5.41, 5.74) is 0.939. The van der Waals surface area contributed by atoms with Gasteiger partial charge in [0.05, 0.1) is 12.0 Å². The van der Waals surface area contributed by atoms with Gasteiger partial charge in [0, 0.05) is 6.04 Å². The van der Waals surface area contributed by atoms with Gasteiger partial charge in [0.25, 0.3) is 0 Å². The molecule has 1 heterocycles. The standard InChI is InChI=1S/C18H24N2O5/c1-11(13-4-7-15-16(10-13)25-9-8-24-15)19-18(23)20-14-5-2-12(3-6-14)17(21)22/h4,7,10-12,14H,2-3,5-6,8-9H2,1H3,(H,21,22)(H2,19,20,23). The van der Waals surface area contributed by atoms with Gasteiger partial charge >= 0.3 is 12.0 Å². The highest BCUT2D eigenvalue weighted by Crippen LogP contribution is 2.32. The van der Waals surface area contributed by atoms with E-state index < -0.39 is 5.97 Å². The molecule has 0 saturated heterocycles. The number of hydrogen-bond donors (Lipinski definition) is 3. The Hall–Kier alpha value is -2.44. The second kappa shape index (κ2) is 7.63. The van der Waals surface area contributed by atoms with Crippen molar-refractivity contribution in [3.63, 3.8) is 0 Å². The fraction of sp³-hybridized carbons (Fsp3) is 0.556. The fourth-order valence-electron chi connectivity index (χ4n) is 3.32. The maximum absolute atomic E-state index is 12.2. The van der Waals surface area contributed by atoms with Crippen molar-refractivity contribution in [2.45, 2.75) is 44.7 Å². The molecule has 1 aromatic rings. The number of nitrogens with one attached hydrogen (secondary N) is 2. The first kappa shape index (κ1) is 17.4. The zero-order chi connectivity index (χ0) is 17.8. The molecule has 0 bridgehead atoms. The molecule has 0 aromatic heterocycles. The highest BCUT2D eigenvalue weighted by molar-refractivity contribution is 5.75. The van der Waals surface area contributed by atoms with Crippen molar-refractivity contribution >= 4 is 12.0 Å². The van der Waals surface area contributed by atoms with Gasteiger partial charge in [0.1, 0.15) is 13.2 Å². The van der Waals surface area contributed by atoms with E-state index in [1.807, 2.05) is 25.1 Å². The van der Waals surface area contributed by atoms with E-state index in [1.165, 1.54) is 0 Å². The first-order valence-electron chi connectivity index (χ1n) is 8.72. The highest BCUT2D eigenvalue weighted by atomic mass is 16.6. The first-order valence-corrected chi connectivity index (χ1v) is 8.72. The monoisotopic (exact) mass is 348 g/mol. The van der Waals surface area contributed by atoms with Crippen molar-refractivity contribution < 1.29 is 24.2 Å². The second-order valence-electron chi connectivity index (χ2n) is 6.63. The molecule has 1 fully saturated rings. The Balaban J connectivity index is 1.50. The van der Waals surface area contributed by atoms with Crippen LogP contribution < -0.4 is 20.1 Å². The topological polar surface area (TPSA) is 96.9 Å². The van der Waals surface area contributed by atoms with Crippen LogP contribution in [0.1, 0.15) is 44.2 Å². The van der Waals surface area contributed by atoms with Crippen LogP contribution in [-0.2, 0) is 4.79 Å². The minimum absolute atomic E-state index is 0.0306. The lowest BCUT2D eigenvalue weighted by Gasteiger charge is -2.27. The zero-order valence-electron chi connectivity index (χ0n) is 14.3. The van der Waals surface area contributed by atoms with E-state index in [4.69, 9.17) is 14.6 Å². The number of aliphatic carboxylic acids is 1. The van der Waals surface area contributed by atoms with Gasteiger partial charge in [-0.05, 0) is 50.3 Å². The van der Waals surface area contributed by atoms with Crippen molar-refractivity contribution in [1.82, 2.24) is 10.6 Å². The Bertz CT molecular complexity index is 640. The van der Waals surface area contributed by atoms with Crippen LogP contribution in [0.4, 0.5) is 4.79 Å². The van der Waals surface area contributed by atoms with Crippen molar-refractivity contribution in [3.8, 4) is 11.5 Å². The number of fused-ring (bicyclic) bond motifs is 1. The van der Waals surface area contributed by atoms with Crippen LogP contribution in [-0.4, -0.2) is 36.4 Å². The van der Waals surface area contributed by atoms with Crippen LogP contribution in [0.25, 0.3) is 0 Å². The minimum Gasteiger partial charge on any atom is -0.486 e. The Labute approximate surface area is 146 Å². The average Bonchev–Trinajstić information content (AvgIpc) is 2.61. The van der Waals surface area contributed by atoms with Gasteiger partial charge < -0.3 is 25.2 Å². The van der Waals surface area contributed by atoms with E-state index in [9.17, 15) is 9.59 Å². The number of carbonyl (C=O) groups excluding carboxylic acids is 1. The quantitative estimate of drug-likeness (QED) is 0.777. The van der Waals surface area contributed by atoms with E-state index in [1.54, 1.807) is 0 Å². The van der Waals surface area contributed by atoms with E-state index >= 15 is 0 Å². The van der Waals surface area contributed by atoms with Crippen LogP contribution in [0.15, 0.2) is 18.2 Å². The maximum atomic E-state index is 12.2. The summed E-state index contributed by atoms with van der Waals surface area (Å²) in [5, 5.41) is 14.9. The molecule has 25 heavy (non-hydrogen) atoms. The molecule has 1 aliphatic heterocycles. The third-order valence-corrected chi connectivity index (χ3v) is 4.83. The maximum Gasteiger partial charge on any atom is 0.315 e. The summed E-state index contributed by atoms with van der Waals surface area (Å²) in [4.78, 5) is 23.2. The molecule has 0 radical (unpaired) electrons. The largest absolute Gasteiger partial charge is 0.486 e. The van der Waals surface area contributed by atoms with Crippen LogP contribution in [0, 0.1) is 5.92 Å². The van der Waals surface area contributed by atoms with Gasteiger partial charge in [0.2, 0.25) is 0 Å². The summed E-state index contributed by atoms with van der Waals surface area (Å²) < 4.78 is 11.1. The van der Waals surface area contributed by atoms with E-state index in [2.05, 4.69) is 10.6 Å². The van der Waals surface area contributed by atoms with Crippen molar-refractivity contribution in [2.75, 3.05) is 13.2 Å². The molecule has 1 atom stereocenters. The Morgan fingerprint density at radius 2 is 1.80 bits per heavy atom. The molecule has 7 nitrogen and oxygen atoms in total. The number of benzene rings is 1. The predicted molar refractivity (Wildman–Crippen MR) is 90.9 cm³/mol. The summed E-state index contributed by atoms with van der Waals surface area (Å²) in [6.45, 7) is 2.98. The third-order valence-electron chi connectivity index (χ3n) is 4.83. The highest BCUT2D eigenvalue weighted by Gasteiger charge is 2.27. The molecule has 2 amide bonds. The van der Waals surface area contributed by atoms with Crippen molar-refractivity contribution in [2.24, 2.45) is 5.92 Å². The van der Waals surface area contributed by atoms with E-state index in [-0.39, 0.29) is 24.0 Å². The molecule has 1 aliphatic carbocycles. The summed E-state index contributed by atoms with van der Waals surface area (Å²) in [6, 6.07) is 5.27. The summed E-state index contributed by atoms with van der Waals surface area (Å²) in [5.74, 6) is 0.402. The van der Waals surface area contributed by atoms with Gasteiger partial charge in [-0.1, -0.05) is 6.07 Å². The SMILES string of the molecule is CC(NC(=O)NC1CCC(C(=O)O)CC1)c1ccc2c(c1)OCCO2. The number of carboxylic acids is 1. The number of urea groups is 1. The summed E-state index contributed by atoms with van der Waals surface area (Å²) in [7, 11) is 0. The molecule has 1 unspecified atom stereocenters. The zero-order valence-corrected chi connectivity index (χ0v) is 14.3. The molecule has 3 rings (SSSR count). The summed E-state index contributed by atoms with van der Waals surface area (Å²) >= 11 is 0. The van der Waals surface area contributed by atoms with E-state index in [0.29, 0.717) is 44.6 Å². The van der Waals surface area contributed by atoms with Gasteiger partial charge in [0.15, 0.2) is 11.5 Å². The third kappa shape index (κ3) is 4.35. The van der Waals surface area contributed by atoms with Gasteiger partial charge in [-0.15, -0.1) is 0 Å². The second-order valence-corrected chi connectivity index (χ2v) is 6.63. The Morgan fingerprint density at radius 1 is 1.12 bits per heavy atom. The molecule has 136 valence electrons. The number of carbonyl (C=O) groups is 2. The lowest BCUT2D eigenvalue weighted by atomic mass is 9.86. The molecular weight excluding hydrogens is 324 g/mol. The Morgan fingerprint density at radius 3 is 2.48 bits per heavy atom. The van der Waals surface area contributed by atoms with Gasteiger partial charge in [-0.2, -0.15) is 0 Å². The molecule has 3 N–H and O–H groups in total. The number of hydrogen-bond acceptors (Lipinski definition) is 4. The molecule has 7 heteroatoms. The van der Waals surface area contributed by atoms with E-state index in [0.717, 1.165) is 11.3 Å². The number of carboxylic acid groups (broad SMARTS) is 1. The normalized spacial score (nSPS) is 23.4. The minimum atomic E-state index is -0.741. The van der Waals surface area contributed by atoms with Crippen molar-refractivity contribution in [1.29, 1.82) is 0 Å². The smallest absolute Gasteiger partial charge is 0.315 e. The number of rotatable bonds is 4. The number of ether oxygens (including phenoxy) is 2. The Kier molecular flexibility index (Phi) is 5.31. The molecule has 0 spiro atoms. The van der Waals surface area contributed by atoms with Crippen LogP contribution in [0.3, 0.4) is 0 Å². The molecule has 1 aromatic carbocycles. The molecular formula is C18H24N2O5. The van der Waals surface area contributed by atoms with Crippen molar-refractivity contribution in [3.05, 3.63) is 23.8 Å².